The number of hydrogen-bond acceptors (Lipinski definition) is 1. The van der Waals surface area contributed by atoms with Crippen LogP contribution in [0.1, 0.15) is 52.4 Å². The first-order valence-electron chi connectivity index (χ1n) is 5.76. The van der Waals surface area contributed by atoms with Gasteiger partial charge in [-0.15, -0.1) is 6.54 Å². The third-order valence-corrected chi connectivity index (χ3v) is 2.45. The molecule has 2 nitrogen and oxygen atoms in total. The van der Waals surface area contributed by atoms with E-state index in [0.717, 1.165) is 19.4 Å². The number of hydrogen-bond donors (Lipinski definition) is 0. The summed E-state index contributed by atoms with van der Waals surface area (Å²) in [6.07, 6.45) is 6.75. The summed E-state index contributed by atoms with van der Waals surface area (Å²) in [6.45, 7) is 4.95. The number of rotatable bonds is 9. The van der Waals surface area contributed by atoms with E-state index in [2.05, 4.69) is 5.32 Å². The van der Waals surface area contributed by atoms with Crippen LogP contribution in [0.2, 0.25) is 0 Å². The molecule has 0 bridgehead atoms. The normalized spacial score (nSPS) is 10.1. The van der Waals surface area contributed by atoms with Crippen LogP contribution in [0.4, 0.5) is 0 Å². The molecule has 0 saturated carbocycles. The number of carbonyl (C=O) groups excluding carboxylic acids is 1. The Hall–Kier alpha value is 0.214. The summed E-state index contributed by atoms with van der Waals surface area (Å²) in [5.74, 6) is 0.627. The molecule has 0 aromatic heterocycles. The number of Topliss-reactive ketones (excluding diaryl/α,β-unsaturated/α-hetero) is 1. The molecule has 0 aliphatic rings. The van der Waals surface area contributed by atoms with E-state index in [1.54, 1.807) is 0 Å². The van der Waals surface area contributed by atoms with Gasteiger partial charge in [-0.05, 0) is 6.42 Å². The van der Waals surface area contributed by atoms with Crippen LogP contribution in [0.15, 0.2) is 0 Å². The van der Waals surface area contributed by atoms with Gasteiger partial charge in [0, 0.05) is 30.9 Å². The maximum atomic E-state index is 11.3. The van der Waals surface area contributed by atoms with E-state index >= 15 is 0 Å². The van der Waals surface area contributed by atoms with E-state index < -0.39 is 0 Å². The van der Waals surface area contributed by atoms with Gasteiger partial charge in [0.25, 0.3) is 0 Å². The van der Waals surface area contributed by atoms with E-state index in [4.69, 9.17) is 0 Å². The van der Waals surface area contributed by atoms with Crippen molar-refractivity contribution in [2.45, 2.75) is 52.4 Å². The van der Waals surface area contributed by atoms with Crippen LogP contribution in [0.5, 0.6) is 0 Å². The van der Waals surface area contributed by atoms with Crippen molar-refractivity contribution in [3.8, 4) is 0 Å². The van der Waals surface area contributed by atoms with Crippen molar-refractivity contribution in [1.29, 1.82) is 0 Å². The molecule has 0 rings (SSSR count). The van der Waals surface area contributed by atoms with E-state index in [-0.39, 0.29) is 24.5 Å². The van der Waals surface area contributed by atoms with Crippen LogP contribution < -0.4 is 0 Å². The summed E-state index contributed by atoms with van der Waals surface area (Å²) < 4.78 is 0. The number of nitrogens with zero attached hydrogens (tertiary/aromatic N) is 1. The second-order valence-corrected chi connectivity index (χ2v) is 4.18. The zero-order chi connectivity index (χ0) is 10.8. The Morgan fingerprint density at radius 1 is 1.07 bits per heavy atom. The van der Waals surface area contributed by atoms with Gasteiger partial charge in [-0.3, -0.25) is 4.79 Å². The molecule has 0 unspecified atom stereocenters. The fourth-order valence-corrected chi connectivity index (χ4v) is 1.39. The SMILES string of the molecule is C[N-]CCCCCCCC(=O)C(C)C.[V]. The second-order valence-electron chi connectivity index (χ2n) is 4.18. The molecule has 0 spiro atoms. The Kier molecular flexibility index (Phi) is 14.4. The van der Waals surface area contributed by atoms with Crippen molar-refractivity contribution in [3.05, 3.63) is 5.32 Å². The summed E-state index contributed by atoms with van der Waals surface area (Å²) in [6, 6.07) is 0. The molecule has 0 fully saturated rings. The standard InChI is InChI=1S/C12H24NO.V/c1-11(2)12(14)9-7-5-4-6-8-10-13-3;/h11H,4-10H2,1-3H3;/q-1;. The molecule has 89 valence electrons. The van der Waals surface area contributed by atoms with Crippen molar-refractivity contribution in [1.82, 2.24) is 0 Å². The van der Waals surface area contributed by atoms with Gasteiger partial charge >= 0.3 is 0 Å². The molecule has 0 aromatic carbocycles. The van der Waals surface area contributed by atoms with E-state index in [9.17, 15) is 4.79 Å². The molecule has 0 atom stereocenters. The molecule has 0 aliphatic heterocycles. The first kappa shape index (κ1) is 17.6. The Labute approximate surface area is 106 Å². The van der Waals surface area contributed by atoms with Crippen molar-refractivity contribution in [2.75, 3.05) is 13.6 Å². The van der Waals surface area contributed by atoms with Gasteiger partial charge in [-0.25, -0.2) is 0 Å². The largest absolute Gasteiger partial charge is 0.665 e. The van der Waals surface area contributed by atoms with Crippen molar-refractivity contribution in [2.24, 2.45) is 5.92 Å². The van der Waals surface area contributed by atoms with Gasteiger partial charge in [0.1, 0.15) is 5.78 Å². The monoisotopic (exact) mass is 249 g/mol. The predicted octanol–water partition coefficient (Wildman–Crippen LogP) is 3.55. The quantitative estimate of drug-likeness (QED) is 0.575. The Morgan fingerprint density at radius 2 is 1.60 bits per heavy atom. The predicted molar refractivity (Wildman–Crippen MR) is 61.7 cm³/mol. The molecule has 0 saturated heterocycles. The van der Waals surface area contributed by atoms with Gasteiger partial charge in [-0.1, -0.05) is 39.5 Å². The van der Waals surface area contributed by atoms with Crippen molar-refractivity contribution < 1.29 is 23.4 Å². The Balaban J connectivity index is 0. The summed E-state index contributed by atoms with van der Waals surface area (Å²) in [7, 11) is 1.86. The van der Waals surface area contributed by atoms with Crippen molar-refractivity contribution >= 4 is 5.78 Å². The molecule has 0 N–H and O–H groups in total. The van der Waals surface area contributed by atoms with Gasteiger partial charge < -0.3 is 5.32 Å². The molecule has 0 aromatic rings. The third kappa shape index (κ3) is 12.1. The number of carbonyl (C=O) groups is 1. The van der Waals surface area contributed by atoms with Crippen LogP contribution in [-0.2, 0) is 23.4 Å². The minimum atomic E-state index is 0. The zero-order valence-corrected chi connectivity index (χ0v) is 11.7. The second kappa shape index (κ2) is 12.3. The molecular formula is C12H24NOV-. The van der Waals surface area contributed by atoms with Crippen LogP contribution in [0, 0.1) is 5.92 Å². The van der Waals surface area contributed by atoms with E-state index in [0.29, 0.717) is 5.78 Å². The maximum absolute atomic E-state index is 11.3. The average molecular weight is 249 g/mol. The Bertz CT molecular complexity index is 149. The van der Waals surface area contributed by atoms with Crippen LogP contribution in [-0.4, -0.2) is 19.4 Å². The average Bonchev–Trinajstić information content (AvgIpc) is 2.16. The maximum Gasteiger partial charge on any atom is 0.135 e. The molecule has 0 heterocycles. The van der Waals surface area contributed by atoms with Crippen molar-refractivity contribution in [3.63, 3.8) is 0 Å². The first-order chi connectivity index (χ1) is 6.68. The molecule has 0 amide bonds. The molecule has 3 heteroatoms. The van der Waals surface area contributed by atoms with Gasteiger partial charge in [0.05, 0.1) is 0 Å². The summed E-state index contributed by atoms with van der Waals surface area (Å²) >= 11 is 0. The summed E-state index contributed by atoms with van der Waals surface area (Å²) in [5, 5.41) is 4.05. The molecular weight excluding hydrogens is 225 g/mol. The summed E-state index contributed by atoms with van der Waals surface area (Å²) in [4.78, 5) is 11.3. The smallest absolute Gasteiger partial charge is 0.135 e. The topological polar surface area (TPSA) is 31.2 Å². The third-order valence-electron chi connectivity index (χ3n) is 2.45. The molecule has 15 heavy (non-hydrogen) atoms. The molecule has 1 radical (unpaired) electrons. The number of ketones is 1. The van der Waals surface area contributed by atoms with Gasteiger partial charge in [0.15, 0.2) is 0 Å². The first-order valence-corrected chi connectivity index (χ1v) is 5.76. The van der Waals surface area contributed by atoms with Gasteiger partial charge in [0.2, 0.25) is 0 Å². The minimum Gasteiger partial charge on any atom is -0.665 e. The van der Waals surface area contributed by atoms with Gasteiger partial charge in [-0.2, -0.15) is 7.05 Å². The van der Waals surface area contributed by atoms with E-state index in [1.807, 2.05) is 20.9 Å². The number of unbranched alkanes of at least 4 members (excludes halogenated alkanes) is 4. The zero-order valence-electron chi connectivity index (χ0n) is 10.3. The van der Waals surface area contributed by atoms with Crippen LogP contribution >= 0.6 is 0 Å². The minimum absolute atomic E-state index is 0. The summed E-state index contributed by atoms with van der Waals surface area (Å²) in [5.41, 5.74) is 0. The van der Waals surface area contributed by atoms with Crippen LogP contribution in [0.25, 0.3) is 5.32 Å². The molecule has 0 aliphatic carbocycles. The fraction of sp³-hybridized carbons (Fsp3) is 0.917. The Morgan fingerprint density at radius 3 is 2.13 bits per heavy atom. The van der Waals surface area contributed by atoms with E-state index in [1.165, 1.54) is 25.7 Å². The van der Waals surface area contributed by atoms with Crippen LogP contribution in [0.3, 0.4) is 0 Å². The fourth-order valence-electron chi connectivity index (χ4n) is 1.39.